The third kappa shape index (κ3) is 4.48. The van der Waals surface area contributed by atoms with Crippen molar-refractivity contribution < 1.29 is 18.4 Å². The molecule has 4 rings (SSSR count). The molecule has 158 valence electrons. The minimum Gasteiger partial charge on any atom is -0.354 e. The third-order valence-electron chi connectivity index (χ3n) is 5.79. The van der Waals surface area contributed by atoms with Gasteiger partial charge in [0.25, 0.3) is 18.2 Å². The standard InChI is InChI=1S/C22H24F2N4O2/c1-25-22(30)18-9-14(8-15(26-18)7-13-5-3-2-4-6-13)21(29)27-20-16-10-28(11-17(16)20)12-19(23)24/h2-6,8-9,16-17,19-20H,7,10-12H2,1H3,(H,25,30)(H,27,29). The van der Waals surface area contributed by atoms with Crippen LogP contribution in [0.25, 0.3) is 0 Å². The fourth-order valence-corrected chi connectivity index (χ4v) is 4.27. The smallest absolute Gasteiger partial charge is 0.269 e. The monoisotopic (exact) mass is 414 g/mol. The number of hydrogen-bond acceptors (Lipinski definition) is 4. The number of benzene rings is 1. The molecule has 1 aromatic carbocycles. The second-order valence-electron chi connectivity index (χ2n) is 7.91. The van der Waals surface area contributed by atoms with Crippen LogP contribution in [-0.4, -0.2) is 60.8 Å². The summed E-state index contributed by atoms with van der Waals surface area (Å²) in [7, 11) is 1.52. The molecule has 0 radical (unpaired) electrons. The Morgan fingerprint density at radius 1 is 1.13 bits per heavy atom. The van der Waals surface area contributed by atoms with E-state index in [1.54, 1.807) is 11.0 Å². The molecule has 1 aliphatic carbocycles. The SMILES string of the molecule is CNC(=O)c1cc(C(=O)NC2C3CN(CC(F)F)CC32)cc(Cc2ccccc2)n1. The summed E-state index contributed by atoms with van der Waals surface area (Å²) in [6.45, 7) is 0.953. The number of rotatable bonds is 7. The molecule has 2 fully saturated rings. The Balaban J connectivity index is 1.46. The van der Waals surface area contributed by atoms with Crippen LogP contribution in [0.3, 0.4) is 0 Å². The fraction of sp³-hybridized carbons (Fsp3) is 0.409. The molecule has 2 aliphatic rings. The molecule has 2 N–H and O–H groups in total. The molecule has 2 atom stereocenters. The van der Waals surface area contributed by atoms with E-state index in [1.807, 2.05) is 30.3 Å². The number of fused-ring (bicyclic) bond motifs is 1. The van der Waals surface area contributed by atoms with Crippen LogP contribution >= 0.6 is 0 Å². The summed E-state index contributed by atoms with van der Waals surface area (Å²) in [4.78, 5) is 31.1. The summed E-state index contributed by atoms with van der Waals surface area (Å²) in [5.74, 6) is -0.185. The van der Waals surface area contributed by atoms with E-state index in [1.165, 1.54) is 13.1 Å². The van der Waals surface area contributed by atoms with Crippen molar-refractivity contribution in [3.8, 4) is 0 Å². The van der Waals surface area contributed by atoms with Gasteiger partial charge in [-0.3, -0.25) is 14.5 Å². The van der Waals surface area contributed by atoms with Crippen LogP contribution < -0.4 is 10.6 Å². The van der Waals surface area contributed by atoms with Crippen LogP contribution in [0.2, 0.25) is 0 Å². The molecule has 30 heavy (non-hydrogen) atoms. The summed E-state index contributed by atoms with van der Waals surface area (Å²) >= 11 is 0. The fourth-order valence-electron chi connectivity index (χ4n) is 4.27. The lowest BCUT2D eigenvalue weighted by Gasteiger charge is -2.19. The van der Waals surface area contributed by atoms with E-state index in [2.05, 4.69) is 15.6 Å². The molecule has 8 heteroatoms. The number of alkyl halides is 2. The highest BCUT2D eigenvalue weighted by molar-refractivity contribution is 5.98. The Morgan fingerprint density at radius 3 is 2.47 bits per heavy atom. The quantitative estimate of drug-likeness (QED) is 0.727. The molecule has 0 spiro atoms. The van der Waals surface area contributed by atoms with Gasteiger partial charge in [-0.2, -0.15) is 0 Å². The van der Waals surface area contributed by atoms with Crippen molar-refractivity contribution in [2.75, 3.05) is 26.7 Å². The molecule has 1 saturated carbocycles. The Labute approximate surface area is 173 Å². The lowest BCUT2D eigenvalue weighted by molar-refractivity contribution is 0.0879. The molecule has 2 aromatic rings. The molecule has 0 bridgehead atoms. The predicted molar refractivity (Wildman–Crippen MR) is 108 cm³/mol. The molecular weight excluding hydrogens is 390 g/mol. The minimum absolute atomic E-state index is 0.000567. The number of aromatic nitrogens is 1. The zero-order chi connectivity index (χ0) is 21.3. The largest absolute Gasteiger partial charge is 0.354 e. The highest BCUT2D eigenvalue weighted by Gasteiger charge is 2.56. The second kappa shape index (κ2) is 8.47. The molecule has 1 aliphatic heterocycles. The van der Waals surface area contributed by atoms with E-state index in [0.29, 0.717) is 30.8 Å². The van der Waals surface area contributed by atoms with Gasteiger partial charge in [-0.15, -0.1) is 0 Å². The van der Waals surface area contributed by atoms with E-state index in [9.17, 15) is 18.4 Å². The first kappa shape index (κ1) is 20.4. The predicted octanol–water partition coefficient (Wildman–Crippen LogP) is 1.96. The lowest BCUT2D eigenvalue weighted by Crippen LogP contribution is -2.36. The Kier molecular flexibility index (Phi) is 5.76. The van der Waals surface area contributed by atoms with Crippen molar-refractivity contribution in [1.82, 2.24) is 20.5 Å². The summed E-state index contributed by atoms with van der Waals surface area (Å²) in [6.07, 6.45) is -1.83. The summed E-state index contributed by atoms with van der Waals surface area (Å²) in [5, 5.41) is 5.55. The Bertz CT molecular complexity index is 926. The first-order valence-electron chi connectivity index (χ1n) is 10.0. The maximum atomic E-state index is 12.8. The van der Waals surface area contributed by atoms with Crippen molar-refractivity contribution in [3.63, 3.8) is 0 Å². The normalized spacial score (nSPS) is 22.6. The molecular formula is C22H24F2N4O2. The van der Waals surface area contributed by atoms with Gasteiger partial charge < -0.3 is 10.6 Å². The van der Waals surface area contributed by atoms with Gasteiger partial charge in [-0.25, -0.2) is 13.8 Å². The van der Waals surface area contributed by atoms with Crippen LogP contribution in [-0.2, 0) is 6.42 Å². The minimum atomic E-state index is -2.33. The van der Waals surface area contributed by atoms with Gasteiger partial charge in [0.15, 0.2) is 0 Å². The van der Waals surface area contributed by atoms with Crippen LogP contribution in [0.4, 0.5) is 8.78 Å². The topological polar surface area (TPSA) is 74.3 Å². The first-order valence-corrected chi connectivity index (χ1v) is 10.0. The van der Waals surface area contributed by atoms with Crippen molar-refractivity contribution in [3.05, 3.63) is 65.0 Å². The number of likely N-dealkylation sites (tertiary alicyclic amines) is 1. The lowest BCUT2D eigenvalue weighted by atomic mass is 10.1. The van der Waals surface area contributed by atoms with Crippen molar-refractivity contribution in [1.29, 1.82) is 0 Å². The molecule has 6 nitrogen and oxygen atoms in total. The van der Waals surface area contributed by atoms with E-state index < -0.39 is 6.43 Å². The van der Waals surface area contributed by atoms with Gasteiger partial charge in [-0.05, 0) is 29.5 Å². The molecule has 2 unspecified atom stereocenters. The number of hydrogen-bond donors (Lipinski definition) is 2. The summed E-state index contributed by atoms with van der Waals surface area (Å²) in [5.41, 5.74) is 2.23. The van der Waals surface area contributed by atoms with Crippen LogP contribution in [0.1, 0.15) is 32.1 Å². The van der Waals surface area contributed by atoms with Crippen molar-refractivity contribution >= 4 is 11.8 Å². The highest BCUT2D eigenvalue weighted by Crippen LogP contribution is 2.45. The van der Waals surface area contributed by atoms with E-state index >= 15 is 0 Å². The van der Waals surface area contributed by atoms with Gasteiger partial charge in [0.1, 0.15) is 5.69 Å². The number of carbonyl (C=O) groups excluding carboxylic acids is 2. The van der Waals surface area contributed by atoms with Crippen molar-refractivity contribution in [2.24, 2.45) is 11.8 Å². The summed E-state index contributed by atoms with van der Waals surface area (Å²) in [6, 6.07) is 12.9. The molecule has 2 heterocycles. The van der Waals surface area contributed by atoms with Gasteiger partial charge in [-0.1, -0.05) is 30.3 Å². The number of amides is 2. The number of carbonyl (C=O) groups is 2. The molecule has 2 amide bonds. The number of halogens is 2. The average molecular weight is 414 g/mol. The third-order valence-corrected chi connectivity index (χ3v) is 5.79. The number of nitrogens with zero attached hydrogens (tertiary/aromatic N) is 2. The second-order valence-corrected chi connectivity index (χ2v) is 7.91. The molecule has 1 aromatic heterocycles. The first-order chi connectivity index (χ1) is 14.4. The maximum absolute atomic E-state index is 12.8. The number of piperidine rings is 1. The van der Waals surface area contributed by atoms with Gasteiger partial charge in [0.05, 0.1) is 6.54 Å². The summed E-state index contributed by atoms with van der Waals surface area (Å²) < 4.78 is 25.1. The zero-order valence-corrected chi connectivity index (χ0v) is 16.6. The number of pyridine rings is 1. The Morgan fingerprint density at radius 2 is 1.83 bits per heavy atom. The van der Waals surface area contributed by atoms with Crippen LogP contribution in [0, 0.1) is 11.8 Å². The average Bonchev–Trinajstić information content (AvgIpc) is 3.17. The molecule has 1 saturated heterocycles. The van der Waals surface area contributed by atoms with Gasteiger partial charge in [0.2, 0.25) is 0 Å². The number of nitrogens with one attached hydrogen (secondary N) is 2. The van der Waals surface area contributed by atoms with E-state index in [0.717, 1.165) is 5.56 Å². The van der Waals surface area contributed by atoms with Gasteiger partial charge >= 0.3 is 0 Å². The highest BCUT2D eigenvalue weighted by atomic mass is 19.3. The Hall–Kier alpha value is -2.87. The van der Waals surface area contributed by atoms with Crippen LogP contribution in [0.15, 0.2) is 42.5 Å². The van der Waals surface area contributed by atoms with E-state index in [4.69, 9.17) is 0 Å². The van der Waals surface area contributed by atoms with Gasteiger partial charge in [0, 0.05) is 43.9 Å². The zero-order valence-electron chi connectivity index (χ0n) is 16.6. The van der Waals surface area contributed by atoms with E-state index in [-0.39, 0.29) is 41.9 Å². The van der Waals surface area contributed by atoms with Crippen molar-refractivity contribution in [2.45, 2.75) is 18.9 Å². The van der Waals surface area contributed by atoms with Crippen LogP contribution in [0.5, 0.6) is 0 Å². The maximum Gasteiger partial charge on any atom is 0.269 e.